The summed E-state index contributed by atoms with van der Waals surface area (Å²) in [4.78, 5) is 18.0. The van der Waals surface area contributed by atoms with E-state index in [4.69, 9.17) is 0 Å². The summed E-state index contributed by atoms with van der Waals surface area (Å²) in [6.45, 7) is 1.06. The Hall–Kier alpha value is -1.07. The van der Waals surface area contributed by atoms with Gasteiger partial charge in [-0.05, 0) is 24.8 Å². The number of rotatable bonds is 2. The van der Waals surface area contributed by atoms with Crippen molar-refractivity contribution in [2.45, 2.75) is 17.6 Å². The Kier molecular flexibility index (Phi) is 3.46. The zero-order valence-electron chi connectivity index (χ0n) is 9.09. The van der Waals surface area contributed by atoms with Gasteiger partial charge in [-0.1, -0.05) is 0 Å². The number of aliphatic hydroxyl groups excluding tert-OH is 1. The fourth-order valence-corrected chi connectivity index (χ4v) is 2.35. The number of β-amino-alcohol motifs (C(OH)–C–C–N with tert-alkyl or cyclic N) is 1. The fourth-order valence-electron chi connectivity index (χ4n) is 1.81. The van der Waals surface area contributed by atoms with Gasteiger partial charge in [0.2, 0.25) is 0 Å². The monoisotopic (exact) mass is 238 g/mol. The zero-order valence-corrected chi connectivity index (χ0v) is 9.91. The van der Waals surface area contributed by atoms with Crippen molar-refractivity contribution in [2.75, 3.05) is 19.3 Å². The number of aliphatic hydroxyl groups is 1. The van der Waals surface area contributed by atoms with Crippen molar-refractivity contribution in [1.82, 2.24) is 9.88 Å². The van der Waals surface area contributed by atoms with Crippen molar-refractivity contribution in [3.8, 4) is 0 Å². The van der Waals surface area contributed by atoms with Crippen molar-refractivity contribution in [2.24, 2.45) is 0 Å². The molecule has 1 atom stereocenters. The van der Waals surface area contributed by atoms with Crippen LogP contribution in [0.4, 0.5) is 0 Å². The Bertz CT molecular complexity index is 397. The molecule has 0 bridgehead atoms. The molecule has 0 radical (unpaired) electrons. The van der Waals surface area contributed by atoms with E-state index in [9.17, 15) is 9.90 Å². The van der Waals surface area contributed by atoms with Gasteiger partial charge in [-0.15, -0.1) is 11.8 Å². The molecule has 1 N–H and O–H groups in total. The molecule has 0 saturated carbocycles. The van der Waals surface area contributed by atoms with Crippen LogP contribution in [0.5, 0.6) is 0 Å². The third-order valence-electron chi connectivity index (χ3n) is 2.65. The Morgan fingerprint density at radius 2 is 2.50 bits per heavy atom. The highest BCUT2D eigenvalue weighted by molar-refractivity contribution is 7.98. The summed E-state index contributed by atoms with van der Waals surface area (Å²) < 4.78 is 0. The summed E-state index contributed by atoms with van der Waals surface area (Å²) in [5, 5.41) is 10.2. The minimum absolute atomic E-state index is 0.0333. The van der Waals surface area contributed by atoms with E-state index in [1.165, 1.54) is 11.8 Å². The summed E-state index contributed by atoms with van der Waals surface area (Å²) in [5.41, 5.74) is 0.629. The van der Waals surface area contributed by atoms with Gasteiger partial charge in [0, 0.05) is 19.3 Å². The van der Waals surface area contributed by atoms with Crippen LogP contribution < -0.4 is 0 Å². The number of pyridine rings is 1. The van der Waals surface area contributed by atoms with Crippen LogP contribution in [0.2, 0.25) is 0 Å². The van der Waals surface area contributed by atoms with E-state index >= 15 is 0 Å². The molecule has 1 saturated heterocycles. The zero-order chi connectivity index (χ0) is 11.5. The van der Waals surface area contributed by atoms with E-state index in [0.29, 0.717) is 25.1 Å². The molecule has 0 aromatic carbocycles. The number of thioether (sulfide) groups is 1. The lowest BCUT2D eigenvalue weighted by atomic mass is 10.2. The fraction of sp³-hybridized carbons (Fsp3) is 0.455. The van der Waals surface area contributed by atoms with Crippen LogP contribution in [0.25, 0.3) is 0 Å². The maximum Gasteiger partial charge on any atom is 0.256 e. The molecule has 1 fully saturated rings. The average Bonchev–Trinajstić information content (AvgIpc) is 2.75. The first-order chi connectivity index (χ1) is 7.72. The molecule has 86 valence electrons. The molecule has 1 amide bonds. The van der Waals surface area contributed by atoms with Gasteiger partial charge in [0.15, 0.2) is 0 Å². The lowest BCUT2D eigenvalue weighted by Crippen LogP contribution is -2.30. The normalized spacial score (nSPS) is 20.1. The first kappa shape index (κ1) is 11.4. The summed E-state index contributed by atoms with van der Waals surface area (Å²) in [6.07, 6.45) is 3.87. The molecule has 2 heterocycles. The second-order valence-electron chi connectivity index (χ2n) is 3.75. The van der Waals surface area contributed by atoms with Crippen LogP contribution in [0, 0.1) is 0 Å². The van der Waals surface area contributed by atoms with E-state index in [2.05, 4.69) is 4.98 Å². The summed E-state index contributed by atoms with van der Waals surface area (Å²) >= 11 is 1.46. The minimum atomic E-state index is -0.377. The smallest absolute Gasteiger partial charge is 0.256 e. The van der Waals surface area contributed by atoms with Crippen molar-refractivity contribution in [3.05, 3.63) is 23.9 Å². The second-order valence-corrected chi connectivity index (χ2v) is 4.55. The molecule has 1 aliphatic heterocycles. The van der Waals surface area contributed by atoms with Crippen molar-refractivity contribution in [1.29, 1.82) is 0 Å². The van der Waals surface area contributed by atoms with Gasteiger partial charge >= 0.3 is 0 Å². The Balaban J connectivity index is 2.20. The highest BCUT2D eigenvalue weighted by Crippen LogP contribution is 2.20. The molecule has 2 rings (SSSR count). The molecule has 1 aliphatic rings. The van der Waals surface area contributed by atoms with Gasteiger partial charge < -0.3 is 10.0 Å². The molecule has 0 spiro atoms. The van der Waals surface area contributed by atoms with Crippen LogP contribution in [-0.4, -0.2) is 46.3 Å². The number of carbonyl (C=O) groups is 1. The minimum Gasteiger partial charge on any atom is -0.391 e. The van der Waals surface area contributed by atoms with Gasteiger partial charge in [-0.25, -0.2) is 4.98 Å². The summed E-state index contributed by atoms with van der Waals surface area (Å²) in [7, 11) is 0. The number of carbonyl (C=O) groups excluding carboxylic acids is 1. The van der Waals surface area contributed by atoms with E-state index in [-0.39, 0.29) is 12.0 Å². The van der Waals surface area contributed by atoms with E-state index in [1.807, 2.05) is 6.26 Å². The van der Waals surface area contributed by atoms with Gasteiger partial charge in [-0.2, -0.15) is 0 Å². The van der Waals surface area contributed by atoms with Gasteiger partial charge in [0.05, 0.1) is 11.7 Å². The highest BCUT2D eigenvalue weighted by atomic mass is 32.2. The van der Waals surface area contributed by atoms with Crippen molar-refractivity contribution < 1.29 is 9.90 Å². The largest absolute Gasteiger partial charge is 0.391 e. The lowest BCUT2D eigenvalue weighted by Gasteiger charge is -2.16. The van der Waals surface area contributed by atoms with Gasteiger partial charge in [0.1, 0.15) is 5.03 Å². The standard InChI is InChI=1S/C11H14N2O2S/c1-16-10-9(3-2-5-12-10)11(15)13-6-4-8(14)7-13/h2-3,5,8,14H,4,6-7H2,1H3/t8-/m1/s1. The summed E-state index contributed by atoms with van der Waals surface area (Å²) in [6, 6.07) is 3.55. The predicted octanol–water partition coefficient (Wildman–Crippen LogP) is 1.01. The number of hydrogen-bond donors (Lipinski definition) is 1. The molecule has 5 heteroatoms. The van der Waals surface area contributed by atoms with Crippen molar-refractivity contribution >= 4 is 17.7 Å². The lowest BCUT2D eigenvalue weighted by molar-refractivity contribution is 0.0761. The van der Waals surface area contributed by atoms with Gasteiger partial charge in [0.25, 0.3) is 5.91 Å². The predicted molar refractivity (Wildman–Crippen MR) is 62.5 cm³/mol. The Labute approximate surface area is 98.7 Å². The van der Waals surface area contributed by atoms with Gasteiger partial charge in [-0.3, -0.25) is 4.79 Å². The molecular weight excluding hydrogens is 224 g/mol. The molecule has 0 unspecified atom stereocenters. The number of likely N-dealkylation sites (tertiary alicyclic amines) is 1. The molecule has 1 aromatic rings. The van der Waals surface area contributed by atoms with Crippen LogP contribution in [0.15, 0.2) is 23.4 Å². The third kappa shape index (κ3) is 2.20. The molecule has 16 heavy (non-hydrogen) atoms. The highest BCUT2D eigenvalue weighted by Gasteiger charge is 2.26. The average molecular weight is 238 g/mol. The summed E-state index contributed by atoms with van der Waals surface area (Å²) in [5.74, 6) is -0.0333. The molecule has 0 aliphatic carbocycles. The second kappa shape index (κ2) is 4.84. The quantitative estimate of drug-likeness (QED) is 0.781. The van der Waals surface area contributed by atoms with E-state index in [0.717, 1.165) is 5.03 Å². The van der Waals surface area contributed by atoms with E-state index < -0.39 is 0 Å². The van der Waals surface area contributed by atoms with Crippen molar-refractivity contribution in [3.63, 3.8) is 0 Å². The van der Waals surface area contributed by atoms with Crippen LogP contribution in [-0.2, 0) is 0 Å². The maximum atomic E-state index is 12.1. The Morgan fingerprint density at radius 3 is 3.12 bits per heavy atom. The van der Waals surface area contributed by atoms with Crippen LogP contribution >= 0.6 is 11.8 Å². The number of nitrogens with zero attached hydrogens (tertiary/aromatic N) is 2. The third-order valence-corrected chi connectivity index (χ3v) is 3.36. The number of aromatic nitrogens is 1. The molecule has 1 aromatic heterocycles. The van der Waals surface area contributed by atoms with Crippen LogP contribution in [0.1, 0.15) is 16.8 Å². The topological polar surface area (TPSA) is 53.4 Å². The SMILES string of the molecule is CSc1ncccc1C(=O)N1CC[C@@H](O)C1. The van der Waals surface area contributed by atoms with Crippen LogP contribution in [0.3, 0.4) is 0 Å². The maximum absolute atomic E-state index is 12.1. The molecular formula is C11H14N2O2S. The molecule has 4 nitrogen and oxygen atoms in total. The first-order valence-electron chi connectivity index (χ1n) is 5.18. The Morgan fingerprint density at radius 1 is 1.69 bits per heavy atom. The first-order valence-corrected chi connectivity index (χ1v) is 6.41. The number of hydrogen-bond acceptors (Lipinski definition) is 4. The van der Waals surface area contributed by atoms with E-state index in [1.54, 1.807) is 23.2 Å². The number of amides is 1.